The van der Waals surface area contributed by atoms with E-state index in [1.165, 1.54) is 19.1 Å². The summed E-state index contributed by atoms with van der Waals surface area (Å²) in [5.74, 6) is -2.86. The number of nitrogens with zero attached hydrogens (tertiary/aromatic N) is 2. The number of halogens is 2. The molecular formula is C36H45F2N5O10S. The average Bonchev–Trinajstić information content (AvgIpc) is 4.03. The third-order valence-corrected chi connectivity index (χ3v) is 13.2. The van der Waals surface area contributed by atoms with Crippen LogP contribution in [0.4, 0.5) is 13.6 Å². The Morgan fingerprint density at radius 2 is 1.85 bits per heavy atom. The van der Waals surface area contributed by atoms with Gasteiger partial charge in [-0.3, -0.25) is 19.1 Å². The summed E-state index contributed by atoms with van der Waals surface area (Å²) in [7, 11) is -1.87. The number of aromatic nitrogens is 1. The van der Waals surface area contributed by atoms with Crippen LogP contribution < -0.4 is 29.6 Å². The van der Waals surface area contributed by atoms with Gasteiger partial charge in [-0.15, -0.1) is 0 Å². The number of hydrogen-bond acceptors (Lipinski definition) is 10. The van der Waals surface area contributed by atoms with E-state index in [4.69, 9.17) is 14.2 Å². The molecule has 0 radical (unpaired) electrons. The molecule has 2 saturated carbocycles. The van der Waals surface area contributed by atoms with Crippen LogP contribution in [-0.4, -0.2) is 103 Å². The fourth-order valence-corrected chi connectivity index (χ4v) is 9.15. The van der Waals surface area contributed by atoms with Crippen LogP contribution in [0.15, 0.2) is 36.4 Å². The van der Waals surface area contributed by atoms with Crippen molar-refractivity contribution in [2.24, 2.45) is 17.8 Å². The zero-order valence-electron chi connectivity index (χ0n) is 30.3. The monoisotopic (exact) mass is 777 g/mol. The predicted octanol–water partition coefficient (Wildman–Crippen LogP) is 3.37. The Morgan fingerprint density at radius 1 is 1.11 bits per heavy atom. The topological polar surface area (TPSA) is 203 Å². The molecule has 6 rings (SSSR count). The van der Waals surface area contributed by atoms with Crippen LogP contribution in [-0.2, 0) is 24.4 Å². The van der Waals surface area contributed by atoms with Crippen LogP contribution >= 0.6 is 0 Å². The molecule has 4 N–H and O–H groups in total. The smallest absolute Gasteiger partial charge is 0.405 e. The van der Waals surface area contributed by atoms with E-state index in [0.717, 1.165) is 0 Å². The maximum atomic E-state index is 14.4. The van der Waals surface area contributed by atoms with Gasteiger partial charge in [0.1, 0.15) is 29.5 Å². The number of carboxylic acid groups (broad SMARTS) is 1. The summed E-state index contributed by atoms with van der Waals surface area (Å²) in [4.78, 5) is 60.2. The Balaban J connectivity index is 1.35. The van der Waals surface area contributed by atoms with Crippen LogP contribution in [0.1, 0.15) is 58.8 Å². The molecule has 15 nitrogen and oxygen atoms in total. The predicted molar refractivity (Wildman–Crippen MR) is 190 cm³/mol. The molecule has 18 heteroatoms. The summed E-state index contributed by atoms with van der Waals surface area (Å²) >= 11 is 0. The van der Waals surface area contributed by atoms with Gasteiger partial charge in [-0.25, -0.2) is 22.0 Å². The largest absolute Gasteiger partial charge is 0.497 e. The number of pyridine rings is 1. The number of carbonyl (C=O) groups excluding carboxylic acids is 3. The highest BCUT2D eigenvalue weighted by atomic mass is 32.2. The number of hydrogen-bond donors (Lipinski definition) is 4. The molecule has 294 valence electrons. The van der Waals surface area contributed by atoms with Gasteiger partial charge < -0.3 is 34.9 Å². The molecule has 54 heavy (non-hydrogen) atoms. The Morgan fingerprint density at radius 3 is 2.50 bits per heavy atom. The average molecular weight is 778 g/mol. The molecule has 0 bridgehead atoms. The number of amides is 4. The first kappa shape index (κ1) is 39.0. The number of sulfonamides is 1. The maximum Gasteiger partial charge on any atom is 0.405 e. The Hall–Kier alpha value is -4.74. The van der Waals surface area contributed by atoms with E-state index in [9.17, 15) is 41.5 Å². The molecule has 2 aromatic rings. The van der Waals surface area contributed by atoms with Crippen molar-refractivity contribution < 1.29 is 55.7 Å². The van der Waals surface area contributed by atoms with E-state index < -0.39 is 80.6 Å². The lowest BCUT2D eigenvalue weighted by atomic mass is 9.88. The van der Waals surface area contributed by atoms with E-state index in [1.807, 2.05) is 17.7 Å². The molecule has 2 aliphatic heterocycles. The number of ether oxygens (including phenoxy) is 3. The van der Waals surface area contributed by atoms with Gasteiger partial charge in [0.25, 0.3) is 12.3 Å². The summed E-state index contributed by atoms with van der Waals surface area (Å²) in [6, 6.07) is 4.32. The third-order valence-electron chi connectivity index (χ3n) is 11.1. The standard InChI is InChI=1S/C36H45F2N5O10S/c1-19-7-5-6-8-22-17-36(22,33(46)42-54(49,50)35(11-12-35)32(37)38)41-29(44)26-16-24(18-43(26)31(45)28(20(2)13-19)40-34(47)48)53-30-25-10-9-23(51-3)14-21(25)15-27(39-30)52-4/h6,8-10,14-15,19-20,22,24,26,28,32,40H,5,7,11-13,16-18H2,1-4H3,(H,41,44)(H,42,46)(H,47,48)/b8-6-/t19-,20-,22-,24-,26+,28+,36-/m1/s1. The van der Waals surface area contributed by atoms with Gasteiger partial charge in [0.15, 0.2) is 4.75 Å². The van der Waals surface area contributed by atoms with E-state index in [0.29, 0.717) is 35.8 Å². The second kappa shape index (κ2) is 14.8. The molecule has 2 aliphatic carbocycles. The van der Waals surface area contributed by atoms with E-state index in [-0.39, 0.29) is 49.9 Å². The summed E-state index contributed by atoms with van der Waals surface area (Å²) in [6.07, 6.45) is -1.11. The first-order valence-corrected chi connectivity index (χ1v) is 19.4. The second-order valence-corrected chi connectivity index (χ2v) is 16.9. The highest BCUT2D eigenvalue weighted by Gasteiger charge is 2.66. The number of fused-ring (bicyclic) bond motifs is 3. The van der Waals surface area contributed by atoms with E-state index in [1.54, 1.807) is 37.3 Å². The molecule has 4 amide bonds. The van der Waals surface area contributed by atoms with Gasteiger partial charge in [-0.05, 0) is 73.9 Å². The zero-order chi connectivity index (χ0) is 39.2. The van der Waals surface area contributed by atoms with Crippen molar-refractivity contribution in [3.8, 4) is 17.5 Å². The summed E-state index contributed by atoms with van der Waals surface area (Å²) in [5.41, 5.74) is -1.81. The number of nitrogens with one attached hydrogen (secondary N) is 3. The molecule has 3 heterocycles. The van der Waals surface area contributed by atoms with Crippen molar-refractivity contribution in [2.75, 3.05) is 20.8 Å². The number of allylic oxidation sites excluding steroid dienone is 1. The molecule has 1 aromatic heterocycles. The van der Waals surface area contributed by atoms with E-state index in [2.05, 4.69) is 15.6 Å². The quantitative estimate of drug-likeness (QED) is 0.272. The van der Waals surface area contributed by atoms with Crippen molar-refractivity contribution >= 4 is 44.6 Å². The van der Waals surface area contributed by atoms with Crippen molar-refractivity contribution in [1.82, 2.24) is 25.2 Å². The van der Waals surface area contributed by atoms with Crippen LogP contribution in [0.25, 0.3) is 10.8 Å². The number of carbonyl (C=O) groups is 4. The fourth-order valence-electron chi connectivity index (χ4n) is 7.65. The van der Waals surface area contributed by atoms with Crippen LogP contribution in [0.5, 0.6) is 17.5 Å². The Kier molecular flexibility index (Phi) is 10.7. The normalized spacial score (nSPS) is 30.2. The van der Waals surface area contributed by atoms with Gasteiger partial charge in [-0.2, -0.15) is 4.98 Å². The van der Waals surface area contributed by atoms with Crippen molar-refractivity contribution in [1.29, 1.82) is 0 Å². The minimum Gasteiger partial charge on any atom is -0.497 e. The molecule has 4 aliphatic rings. The SMILES string of the molecule is COc1ccc2c(O[C@@H]3C[C@H]4C(=O)N[C@]5(C(=O)NS(=O)(=O)C6(C(F)F)CC6)C[C@H]5/C=C\CC[C@@H](C)C[C@@H](C)[C@H](NC(=O)O)C(=O)N4C3)nc(OC)cc2c1. The summed E-state index contributed by atoms with van der Waals surface area (Å²) in [5, 5.41) is 16.0. The van der Waals surface area contributed by atoms with Crippen molar-refractivity contribution in [3.63, 3.8) is 0 Å². The summed E-state index contributed by atoms with van der Waals surface area (Å²) < 4.78 is 70.3. The number of alkyl halides is 2. The highest BCUT2D eigenvalue weighted by Crippen LogP contribution is 2.50. The van der Waals surface area contributed by atoms with Gasteiger partial charge in [-0.1, -0.05) is 26.0 Å². The van der Waals surface area contributed by atoms with Gasteiger partial charge >= 0.3 is 6.09 Å². The molecule has 3 fully saturated rings. The Bertz CT molecular complexity index is 1950. The third kappa shape index (κ3) is 7.48. The molecule has 1 saturated heterocycles. The zero-order valence-corrected chi connectivity index (χ0v) is 31.2. The lowest BCUT2D eigenvalue weighted by Crippen LogP contribution is -2.59. The molecule has 0 spiro atoms. The fraction of sp³-hybridized carbons (Fsp3) is 0.583. The van der Waals surface area contributed by atoms with E-state index >= 15 is 0 Å². The first-order chi connectivity index (χ1) is 25.5. The first-order valence-electron chi connectivity index (χ1n) is 17.9. The van der Waals surface area contributed by atoms with Crippen LogP contribution in [0, 0.1) is 17.8 Å². The highest BCUT2D eigenvalue weighted by molar-refractivity contribution is 7.91. The van der Waals surface area contributed by atoms with Crippen molar-refractivity contribution in [3.05, 3.63) is 36.4 Å². The van der Waals surface area contributed by atoms with Gasteiger partial charge in [0, 0.05) is 23.8 Å². The molecular weight excluding hydrogens is 732 g/mol. The number of benzene rings is 1. The molecule has 1 aromatic carbocycles. The number of rotatable bonds is 9. The minimum atomic E-state index is -4.82. The lowest BCUT2D eigenvalue weighted by Gasteiger charge is -2.32. The minimum absolute atomic E-state index is 0.0160. The van der Waals surface area contributed by atoms with Crippen LogP contribution in [0.3, 0.4) is 0 Å². The van der Waals surface area contributed by atoms with Gasteiger partial charge in [0.2, 0.25) is 33.6 Å². The van der Waals surface area contributed by atoms with Crippen molar-refractivity contribution in [2.45, 2.75) is 93.7 Å². The summed E-state index contributed by atoms with van der Waals surface area (Å²) in [6.45, 7) is 3.54. The second-order valence-electron chi connectivity index (χ2n) is 14.9. The lowest BCUT2D eigenvalue weighted by molar-refractivity contribution is -0.142. The van der Waals surface area contributed by atoms with Crippen LogP contribution in [0.2, 0.25) is 0 Å². The van der Waals surface area contributed by atoms with Gasteiger partial charge in [0.05, 0.1) is 20.8 Å². The Labute approximate surface area is 311 Å². The maximum absolute atomic E-state index is 14.4. The molecule has 0 unspecified atom stereocenters. The molecule has 7 atom stereocenters. The number of methoxy groups -OCH3 is 2.